The first kappa shape index (κ1) is 18.5. The minimum absolute atomic E-state index is 0.177. The average Bonchev–Trinajstić information content (AvgIpc) is 3.32. The van der Waals surface area contributed by atoms with Crippen LogP contribution in [0, 0.1) is 6.92 Å². The summed E-state index contributed by atoms with van der Waals surface area (Å²) in [5.74, 6) is 0.649. The number of rotatable bonds is 5. The standard InChI is InChI=1S/C20H18ClN5OS/c1-12-3-8-16-15(19(12)21)11-17(26(16)2)20(27)23-13-4-6-14(7-5-13)28-25-18-9-10-22-24-18/h3-11H,1-2H3,(H,23,27)(H2,22,24,25). The van der Waals surface area contributed by atoms with Gasteiger partial charge in [0, 0.05) is 34.6 Å². The van der Waals surface area contributed by atoms with Gasteiger partial charge in [0.15, 0.2) is 0 Å². The third-order valence-electron chi connectivity index (χ3n) is 4.48. The number of hydrogen-bond donors (Lipinski definition) is 3. The molecule has 8 heteroatoms. The van der Waals surface area contributed by atoms with Crippen molar-refractivity contribution in [1.82, 2.24) is 14.8 Å². The van der Waals surface area contributed by atoms with Gasteiger partial charge in [0.05, 0.1) is 11.2 Å². The molecule has 2 heterocycles. The minimum atomic E-state index is -0.177. The molecule has 4 rings (SSSR count). The van der Waals surface area contributed by atoms with Crippen LogP contribution in [0.3, 0.4) is 0 Å². The largest absolute Gasteiger partial charge is 0.340 e. The molecule has 2 aromatic carbocycles. The van der Waals surface area contributed by atoms with E-state index in [2.05, 4.69) is 20.2 Å². The molecule has 0 aliphatic carbocycles. The van der Waals surface area contributed by atoms with Crippen LogP contribution in [0.1, 0.15) is 16.1 Å². The number of hydrogen-bond acceptors (Lipinski definition) is 4. The van der Waals surface area contributed by atoms with Gasteiger partial charge < -0.3 is 14.6 Å². The summed E-state index contributed by atoms with van der Waals surface area (Å²) in [6.07, 6.45) is 1.68. The average molecular weight is 412 g/mol. The third-order valence-corrected chi connectivity index (χ3v) is 5.81. The van der Waals surface area contributed by atoms with E-state index in [1.165, 1.54) is 11.9 Å². The first-order valence-electron chi connectivity index (χ1n) is 8.61. The molecule has 0 atom stereocenters. The summed E-state index contributed by atoms with van der Waals surface area (Å²) in [6, 6.07) is 15.2. The molecule has 0 aliphatic rings. The first-order chi connectivity index (χ1) is 13.5. The Balaban J connectivity index is 1.48. The normalized spacial score (nSPS) is 11.0. The molecule has 6 nitrogen and oxygen atoms in total. The number of aromatic amines is 1. The highest BCUT2D eigenvalue weighted by molar-refractivity contribution is 8.00. The maximum absolute atomic E-state index is 12.8. The second-order valence-corrected chi connectivity index (χ2v) is 7.63. The maximum Gasteiger partial charge on any atom is 0.272 e. The van der Waals surface area contributed by atoms with Gasteiger partial charge in [-0.3, -0.25) is 9.89 Å². The first-order valence-corrected chi connectivity index (χ1v) is 9.80. The van der Waals surface area contributed by atoms with E-state index in [4.69, 9.17) is 11.6 Å². The van der Waals surface area contributed by atoms with E-state index in [0.717, 1.165) is 32.9 Å². The molecule has 3 N–H and O–H groups in total. The van der Waals surface area contributed by atoms with Gasteiger partial charge in [0.1, 0.15) is 11.5 Å². The summed E-state index contributed by atoms with van der Waals surface area (Å²) in [6.45, 7) is 1.95. The lowest BCUT2D eigenvalue weighted by Gasteiger charge is -2.08. The third kappa shape index (κ3) is 3.58. The van der Waals surface area contributed by atoms with Gasteiger partial charge in [-0.15, -0.1) is 0 Å². The monoisotopic (exact) mass is 411 g/mol. The van der Waals surface area contributed by atoms with Gasteiger partial charge in [-0.05, 0) is 60.8 Å². The van der Waals surface area contributed by atoms with Crippen molar-refractivity contribution in [3.63, 3.8) is 0 Å². The number of amides is 1. The van der Waals surface area contributed by atoms with E-state index in [0.29, 0.717) is 10.7 Å². The van der Waals surface area contributed by atoms with Gasteiger partial charge in [-0.2, -0.15) is 5.10 Å². The second-order valence-electron chi connectivity index (χ2n) is 6.37. The van der Waals surface area contributed by atoms with E-state index in [9.17, 15) is 4.79 Å². The van der Waals surface area contributed by atoms with E-state index >= 15 is 0 Å². The Kier molecular flexibility index (Phi) is 5.02. The fourth-order valence-electron chi connectivity index (χ4n) is 2.93. The van der Waals surface area contributed by atoms with Crippen molar-refractivity contribution in [2.75, 3.05) is 10.0 Å². The molecule has 142 valence electrons. The zero-order valence-corrected chi connectivity index (χ0v) is 16.9. The predicted octanol–water partition coefficient (Wildman–Crippen LogP) is 5.23. The smallest absolute Gasteiger partial charge is 0.272 e. The van der Waals surface area contributed by atoms with Crippen molar-refractivity contribution in [2.24, 2.45) is 7.05 Å². The molecule has 1 amide bonds. The lowest BCUT2D eigenvalue weighted by Crippen LogP contribution is -2.15. The number of carbonyl (C=O) groups is 1. The lowest BCUT2D eigenvalue weighted by atomic mass is 10.2. The van der Waals surface area contributed by atoms with Crippen molar-refractivity contribution < 1.29 is 4.79 Å². The van der Waals surface area contributed by atoms with Crippen molar-refractivity contribution >= 4 is 51.9 Å². The predicted molar refractivity (Wildman–Crippen MR) is 115 cm³/mol. The van der Waals surface area contributed by atoms with E-state index < -0.39 is 0 Å². The highest BCUT2D eigenvalue weighted by Gasteiger charge is 2.16. The fraction of sp³-hybridized carbons (Fsp3) is 0.100. The number of aromatic nitrogens is 3. The molecule has 0 radical (unpaired) electrons. The number of anilines is 2. The summed E-state index contributed by atoms with van der Waals surface area (Å²) >= 11 is 7.86. The van der Waals surface area contributed by atoms with Gasteiger partial charge in [0.2, 0.25) is 0 Å². The fourth-order valence-corrected chi connectivity index (χ4v) is 3.76. The molecular weight excluding hydrogens is 394 g/mol. The van der Waals surface area contributed by atoms with Gasteiger partial charge >= 0.3 is 0 Å². The van der Waals surface area contributed by atoms with Crippen molar-refractivity contribution in [1.29, 1.82) is 0 Å². The van der Waals surface area contributed by atoms with Crippen molar-refractivity contribution in [2.45, 2.75) is 11.8 Å². The number of carbonyl (C=O) groups excluding carboxylic acids is 1. The summed E-state index contributed by atoms with van der Waals surface area (Å²) < 4.78 is 5.01. The summed E-state index contributed by atoms with van der Waals surface area (Å²) in [5.41, 5.74) is 3.20. The summed E-state index contributed by atoms with van der Waals surface area (Å²) in [7, 11) is 1.86. The Morgan fingerprint density at radius 1 is 1.18 bits per heavy atom. The molecule has 2 aromatic heterocycles. The highest BCUT2D eigenvalue weighted by Crippen LogP contribution is 2.29. The number of halogens is 1. The highest BCUT2D eigenvalue weighted by atomic mass is 35.5. The molecule has 0 unspecified atom stereocenters. The molecule has 0 bridgehead atoms. The molecule has 0 fully saturated rings. The molecular formula is C20H18ClN5OS. The van der Waals surface area contributed by atoms with Gasteiger partial charge in [-0.1, -0.05) is 17.7 Å². The Bertz CT molecular complexity index is 1140. The van der Waals surface area contributed by atoms with Gasteiger partial charge in [0.25, 0.3) is 5.91 Å². The molecule has 4 aromatic rings. The molecule has 28 heavy (non-hydrogen) atoms. The van der Waals surface area contributed by atoms with Gasteiger partial charge in [-0.25, -0.2) is 0 Å². The maximum atomic E-state index is 12.8. The molecule has 0 saturated carbocycles. The van der Waals surface area contributed by atoms with Crippen molar-refractivity contribution in [3.8, 4) is 0 Å². The summed E-state index contributed by atoms with van der Waals surface area (Å²) in [5, 5.41) is 11.2. The van der Waals surface area contributed by atoms with Crippen LogP contribution in [0.2, 0.25) is 5.02 Å². The van der Waals surface area contributed by atoms with Crippen LogP contribution >= 0.6 is 23.5 Å². The van der Waals surface area contributed by atoms with Crippen LogP contribution < -0.4 is 10.0 Å². The second kappa shape index (κ2) is 7.61. The molecule has 0 spiro atoms. The van der Waals surface area contributed by atoms with Crippen LogP contribution in [0.15, 0.2) is 59.6 Å². The SMILES string of the molecule is Cc1ccc2c(cc(C(=O)Nc3ccc(SNc4ccn[nH]4)cc3)n2C)c1Cl. The molecule has 0 aliphatic heterocycles. The number of aryl methyl sites for hydroxylation is 2. The zero-order chi connectivity index (χ0) is 19.7. The van der Waals surface area contributed by atoms with E-state index in [-0.39, 0.29) is 5.91 Å². The number of nitrogens with one attached hydrogen (secondary N) is 3. The van der Waals surface area contributed by atoms with Crippen LogP contribution in [0.5, 0.6) is 0 Å². The quantitative estimate of drug-likeness (QED) is 0.393. The Morgan fingerprint density at radius 2 is 1.96 bits per heavy atom. The van der Waals surface area contributed by atoms with E-state index in [1.54, 1.807) is 6.20 Å². The number of fused-ring (bicyclic) bond motifs is 1. The lowest BCUT2D eigenvalue weighted by molar-refractivity contribution is 0.102. The number of H-pyrrole nitrogens is 1. The van der Waals surface area contributed by atoms with Crippen molar-refractivity contribution in [3.05, 3.63) is 71.0 Å². The number of benzene rings is 2. The van der Waals surface area contributed by atoms with Crippen LogP contribution in [-0.2, 0) is 7.05 Å². The van der Waals surface area contributed by atoms with Crippen LogP contribution in [0.25, 0.3) is 10.9 Å². The Hall–Kier alpha value is -2.90. The Morgan fingerprint density at radius 3 is 2.68 bits per heavy atom. The number of nitrogens with zero attached hydrogens (tertiary/aromatic N) is 2. The van der Waals surface area contributed by atoms with Crippen LogP contribution in [-0.4, -0.2) is 20.7 Å². The summed E-state index contributed by atoms with van der Waals surface area (Å²) in [4.78, 5) is 13.8. The zero-order valence-electron chi connectivity index (χ0n) is 15.3. The molecule has 0 saturated heterocycles. The topological polar surface area (TPSA) is 74.7 Å². The van der Waals surface area contributed by atoms with E-state index in [1.807, 2.05) is 67.1 Å². The van der Waals surface area contributed by atoms with Crippen LogP contribution in [0.4, 0.5) is 11.5 Å². The Labute approximate surface area is 171 Å². The minimum Gasteiger partial charge on any atom is -0.340 e.